The van der Waals surface area contributed by atoms with Crippen molar-refractivity contribution in [2.75, 3.05) is 31.6 Å². The van der Waals surface area contributed by atoms with E-state index in [2.05, 4.69) is 39.1 Å². The second-order valence-electron chi connectivity index (χ2n) is 7.54. The molecule has 1 aromatic carbocycles. The number of anilines is 1. The molecule has 0 spiro atoms. The van der Waals surface area contributed by atoms with Gasteiger partial charge in [0.1, 0.15) is 12.1 Å². The topological polar surface area (TPSA) is 50.1 Å². The van der Waals surface area contributed by atoms with E-state index >= 15 is 0 Å². The highest BCUT2D eigenvalue weighted by atomic mass is 15.3. The normalized spacial score (nSPS) is 24.0. The first kappa shape index (κ1) is 15.8. The molecule has 5 rings (SSSR count). The van der Waals surface area contributed by atoms with Crippen molar-refractivity contribution in [3.63, 3.8) is 0 Å². The van der Waals surface area contributed by atoms with Crippen molar-refractivity contribution in [3.05, 3.63) is 42.9 Å². The minimum absolute atomic E-state index is 0.582. The molecule has 3 aromatic rings. The first-order valence-corrected chi connectivity index (χ1v) is 9.50. The number of benzene rings is 1. The monoisotopic (exact) mass is 348 g/mol. The van der Waals surface area contributed by atoms with E-state index < -0.39 is 0 Å². The van der Waals surface area contributed by atoms with Gasteiger partial charge in [-0.05, 0) is 50.9 Å². The van der Waals surface area contributed by atoms with Crippen molar-refractivity contribution in [2.24, 2.45) is 5.92 Å². The highest BCUT2D eigenvalue weighted by Crippen LogP contribution is 2.35. The van der Waals surface area contributed by atoms with Crippen LogP contribution in [0, 0.1) is 5.92 Å². The Hall–Kier alpha value is -2.47. The zero-order chi connectivity index (χ0) is 17.5. The van der Waals surface area contributed by atoms with Gasteiger partial charge in [0.15, 0.2) is 5.65 Å². The summed E-state index contributed by atoms with van der Waals surface area (Å²) in [5.74, 6) is 1.79. The molecule has 0 aliphatic carbocycles. The van der Waals surface area contributed by atoms with E-state index in [-0.39, 0.29) is 0 Å². The maximum atomic E-state index is 4.70. The van der Waals surface area contributed by atoms with E-state index in [0.717, 1.165) is 41.5 Å². The van der Waals surface area contributed by atoms with Crippen molar-refractivity contribution in [3.8, 4) is 5.69 Å². The second-order valence-corrected chi connectivity index (χ2v) is 7.54. The van der Waals surface area contributed by atoms with Gasteiger partial charge < -0.3 is 9.80 Å². The van der Waals surface area contributed by atoms with Crippen molar-refractivity contribution in [1.82, 2.24) is 24.6 Å². The van der Waals surface area contributed by atoms with Gasteiger partial charge in [0, 0.05) is 19.1 Å². The molecule has 2 aromatic heterocycles. The number of para-hydroxylation sites is 1. The van der Waals surface area contributed by atoms with Crippen LogP contribution in [0.15, 0.2) is 42.9 Å². The summed E-state index contributed by atoms with van der Waals surface area (Å²) in [7, 11) is 2.24. The van der Waals surface area contributed by atoms with Crippen LogP contribution in [0.3, 0.4) is 0 Å². The number of fused-ring (bicyclic) bond motifs is 2. The number of piperidine rings is 2. The molecule has 0 N–H and O–H groups in total. The molecule has 2 aliphatic heterocycles. The van der Waals surface area contributed by atoms with E-state index in [1.54, 1.807) is 6.33 Å². The average Bonchev–Trinajstić information content (AvgIpc) is 3.12. The third-order valence-corrected chi connectivity index (χ3v) is 5.89. The molecule has 2 aliphatic rings. The minimum Gasteiger partial charge on any atom is -0.353 e. The van der Waals surface area contributed by atoms with Gasteiger partial charge in [-0.25, -0.2) is 14.6 Å². The summed E-state index contributed by atoms with van der Waals surface area (Å²) in [5, 5.41) is 5.67. The quantitative estimate of drug-likeness (QED) is 0.713. The molecule has 26 heavy (non-hydrogen) atoms. The molecule has 0 bridgehead atoms. The van der Waals surface area contributed by atoms with Crippen LogP contribution in [0.1, 0.15) is 19.3 Å². The lowest BCUT2D eigenvalue weighted by atomic mass is 9.84. The summed E-state index contributed by atoms with van der Waals surface area (Å²) in [5.41, 5.74) is 1.92. The van der Waals surface area contributed by atoms with E-state index in [1.807, 2.05) is 29.1 Å². The van der Waals surface area contributed by atoms with Crippen LogP contribution in [0.5, 0.6) is 0 Å². The maximum absolute atomic E-state index is 4.70. The Morgan fingerprint density at radius 2 is 1.92 bits per heavy atom. The summed E-state index contributed by atoms with van der Waals surface area (Å²) < 4.78 is 1.91. The number of likely N-dealkylation sites (tertiary alicyclic amines) is 1. The Kier molecular flexibility index (Phi) is 3.85. The highest BCUT2D eigenvalue weighted by Gasteiger charge is 2.36. The van der Waals surface area contributed by atoms with Crippen LogP contribution in [0.2, 0.25) is 0 Å². The van der Waals surface area contributed by atoms with Crippen LogP contribution >= 0.6 is 0 Å². The summed E-state index contributed by atoms with van der Waals surface area (Å²) in [6.07, 6.45) is 7.38. The minimum atomic E-state index is 0.582. The van der Waals surface area contributed by atoms with Gasteiger partial charge in [-0.15, -0.1) is 0 Å². The summed E-state index contributed by atoms with van der Waals surface area (Å²) in [6.45, 7) is 3.43. The zero-order valence-electron chi connectivity index (χ0n) is 15.1. The van der Waals surface area contributed by atoms with E-state index in [9.17, 15) is 0 Å². The number of aromatic nitrogens is 4. The second kappa shape index (κ2) is 6.36. The lowest BCUT2D eigenvalue weighted by molar-refractivity contribution is 0.154. The predicted octanol–water partition coefficient (Wildman–Crippen LogP) is 2.74. The summed E-state index contributed by atoms with van der Waals surface area (Å²) in [4.78, 5) is 14.2. The van der Waals surface area contributed by atoms with Crippen LogP contribution in [0.25, 0.3) is 16.7 Å². The van der Waals surface area contributed by atoms with E-state index in [0.29, 0.717) is 6.04 Å². The Labute approximate surface area is 153 Å². The molecule has 6 nitrogen and oxygen atoms in total. The lowest BCUT2D eigenvalue weighted by Gasteiger charge is -2.47. The fourth-order valence-electron chi connectivity index (χ4n) is 4.67. The number of rotatable bonds is 2. The molecule has 0 radical (unpaired) electrons. The molecule has 0 amide bonds. The van der Waals surface area contributed by atoms with E-state index in [4.69, 9.17) is 4.98 Å². The Bertz CT molecular complexity index is 905. The Morgan fingerprint density at radius 1 is 1.04 bits per heavy atom. The van der Waals surface area contributed by atoms with Gasteiger partial charge >= 0.3 is 0 Å². The van der Waals surface area contributed by atoms with Crippen molar-refractivity contribution in [2.45, 2.75) is 25.3 Å². The molecule has 2 fully saturated rings. The summed E-state index contributed by atoms with van der Waals surface area (Å²) >= 11 is 0. The van der Waals surface area contributed by atoms with Crippen LogP contribution in [-0.4, -0.2) is 57.4 Å². The summed E-state index contributed by atoms with van der Waals surface area (Å²) in [6, 6.07) is 10.8. The molecule has 6 heteroatoms. The van der Waals surface area contributed by atoms with Crippen molar-refractivity contribution >= 4 is 16.9 Å². The zero-order valence-corrected chi connectivity index (χ0v) is 15.1. The van der Waals surface area contributed by atoms with Gasteiger partial charge in [0.2, 0.25) is 0 Å². The van der Waals surface area contributed by atoms with Gasteiger partial charge in [-0.1, -0.05) is 18.2 Å². The molecule has 2 atom stereocenters. The first-order valence-electron chi connectivity index (χ1n) is 9.50. The standard InChI is InChI=1S/C20H24N6/c1-24-11-9-18-15(13-24)6-5-10-25(18)19-17-12-23-26(20(17)22-14-21-19)16-7-3-2-4-8-16/h2-4,7-8,12,14-15,18H,5-6,9-11,13H2,1H3/t15-,18+/m0/s1. The largest absolute Gasteiger partial charge is 0.353 e. The van der Waals surface area contributed by atoms with Gasteiger partial charge in [0.05, 0.1) is 17.3 Å². The number of hydrogen-bond donors (Lipinski definition) is 0. The first-order chi connectivity index (χ1) is 12.8. The number of nitrogens with zero attached hydrogens (tertiary/aromatic N) is 6. The van der Waals surface area contributed by atoms with Crippen LogP contribution < -0.4 is 4.90 Å². The molecular formula is C20H24N6. The van der Waals surface area contributed by atoms with Crippen LogP contribution in [0.4, 0.5) is 5.82 Å². The lowest BCUT2D eigenvalue weighted by Crippen LogP contribution is -2.53. The fourth-order valence-corrected chi connectivity index (χ4v) is 4.67. The Morgan fingerprint density at radius 3 is 2.81 bits per heavy atom. The van der Waals surface area contributed by atoms with Gasteiger partial charge in [0.25, 0.3) is 0 Å². The highest BCUT2D eigenvalue weighted by molar-refractivity contribution is 5.87. The van der Waals surface area contributed by atoms with E-state index in [1.165, 1.54) is 25.8 Å². The van der Waals surface area contributed by atoms with Crippen molar-refractivity contribution < 1.29 is 0 Å². The van der Waals surface area contributed by atoms with Gasteiger partial charge in [-0.2, -0.15) is 5.10 Å². The number of hydrogen-bond acceptors (Lipinski definition) is 5. The molecule has 134 valence electrons. The molecule has 2 saturated heterocycles. The van der Waals surface area contributed by atoms with Crippen LogP contribution in [-0.2, 0) is 0 Å². The Balaban J connectivity index is 1.56. The van der Waals surface area contributed by atoms with Crippen molar-refractivity contribution in [1.29, 1.82) is 0 Å². The predicted molar refractivity (Wildman–Crippen MR) is 103 cm³/mol. The maximum Gasteiger partial charge on any atom is 0.168 e. The molecular weight excluding hydrogens is 324 g/mol. The third kappa shape index (κ3) is 2.56. The molecule has 0 saturated carbocycles. The molecule has 0 unspecified atom stereocenters. The average molecular weight is 348 g/mol. The third-order valence-electron chi connectivity index (χ3n) is 5.89. The van der Waals surface area contributed by atoms with Gasteiger partial charge in [-0.3, -0.25) is 0 Å². The molecule has 4 heterocycles. The fraction of sp³-hybridized carbons (Fsp3) is 0.450. The SMILES string of the molecule is CN1CC[C@@H]2[C@@H](CCCN2c2ncnc3c2cnn3-c2ccccc2)C1. The smallest absolute Gasteiger partial charge is 0.168 e.